The molecule has 0 amide bonds. The quantitative estimate of drug-likeness (QED) is 0.713. The zero-order chi connectivity index (χ0) is 12.0. The van der Waals surface area contributed by atoms with Gasteiger partial charge in [-0.15, -0.1) is 0 Å². The average Bonchev–Trinajstić information content (AvgIpc) is 2.32. The van der Waals surface area contributed by atoms with Crippen LogP contribution in [-0.2, 0) is 4.74 Å². The highest BCUT2D eigenvalue weighted by Crippen LogP contribution is 2.25. The molecule has 1 aliphatic heterocycles. The van der Waals surface area contributed by atoms with E-state index in [-0.39, 0.29) is 12.1 Å². The fourth-order valence-electron chi connectivity index (χ4n) is 1.54. The van der Waals surface area contributed by atoms with Crippen LogP contribution in [0.4, 0.5) is 10.1 Å². The summed E-state index contributed by atoms with van der Waals surface area (Å²) in [6.45, 7) is 0.620. The summed E-state index contributed by atoms with van der Waals surface area (Å²) in [5.41, 5.74) is 13.0. The summed E-state index contributed by atoms with van der Waals surface area (Å²) in [5.74, 6) is 0. The maximum Gasteiger partial charge on any atom is 0.282 e. The van der Waals surface area contributed by atoms with Gasteiger partial charge in [0.25, 0.3) is 6.02 Å². The minimum atomic E-state index is 0.0900. The third kappa shape index (κ3) is 3.12. The molecule has 0 radical (unpaired) electrons. The van der Waals surface area contributed by atoms with Crippen LogP contribution in [0.5, 0.6) is 0 Å². The molecule has 16 heavy (non-hydrogen) atoms. The van der Waals surface area contributed by atoms with E-state index in [1.165, 1.54) is 0 Å². The summed E-state index contributed by atoms with van der Waals surface area (Å²) in [4.78, 5) is 4.21. The van der Waals surface area contributed by atoms with Crippen LogP contribution in [0, 0.1) is 0 Å². The van der Waals surface area contributed by atoms with Crippen molar-refractivity contribution in [2.24, 2.45) is 10.7 Å². The fourth-order valence-corrected chi connectivity index (χ4v) is 1.54. The Morgan fingerprint density at radius 2 is 2.12 bits per heavy atom. The van der Waals surface area contributed by atoms with Gasteiger partial charge in [0.05, 0.1) is 19.8 Å². The molecule has 0 saturated carbocycles. The Morgan fingerprint density at radius 3 is 2.75 bits per heavy atom. The number of hydrogen-bond donors (Lipinski definition) is 2. The zero-order valence-electron chi connectivity index (χ0n) is 9.19. The average molecular weight is 225 g/mol. The predicted octanol–water partition coefficient (Wildman–Crippen LogP) is 1.63. The van der Waals surface area contributed by atoms with Gasteiger partial charge in [-0.25, -0.2) is 4.99 Å². The van der Waals surface area contributed by atoms with Gasteiger partial charge in [-0.3, -0.25) is 4.39 Å². The maximum atomic E-state index is 9.50. The fraction of sp³-hybridized carbons (Fsp3) is 0.364. The second-order valence-electron chi connectivity index (χ2n) is 3.29. The van der Waals surface area contributed by atoms with Crippen molar-refractivity contribution >= 4 is 11.7 Å². The summed E-state index contributed by atoms with van der Waals surface area (Å²) < 4.78 is 14.6. The van der Waals surface area contributed by atoms with Gasteiger partial charge in [0.2, 0.25) is 0 Å². The Morgan fingerprint density at radius 1 is 1.38 bits per heavy atom. The van der Waals surface area contributed by atoms with E-state index in [9.17, 15) is 4.39 Å². The molecule has 1 unspecified atom stereocenters. The minimum Gasteiger partial charge on any atom is -0.465 e. The molecular formula is C11H16FN3O. The Balaban J connectivity index is 0.000000606. The van der Waals surface area contributed by atoms with E-state index in [1.54, 1.807) is 0 Å². The van der Waals surface area contributed by atoms with Gasteiger partial charge in [0.1, 0.15) is 0 Å². The van der Waals surface area contributed by atoms with Gasteiger partial charge >= 0.3 is 0 Å². The molecule has 0 fully saturated rings. The van der Waals surface area contributed by atoms with E-state index in [1.807, 2.05) is 24.3 Å². The minimum absolute atomic E-state index is 0.0900. The lowest BCUT2D eigenvalue weighted by Gasteiger charge is -2.19. The van der Waals surface area contributed by atoms with Gasteiger partial charge in [0, 0.05) is 12.1 Å². The van der Waals surface area contributed by atoms with E-state index in [4.69, 9.17) is 16.2 Å². The first-order valence-electron chi connectivity index (χ1n) is 4.95. The van der Waals surface area contributed by atoms with E-state index in [0.29, 0.717) is 13.8 Å². The Kier molecular flexibility index (Phi) is 4.57. The highest BCUT2D eigenvalue weighted by Gasteiger charge is 2.15. The summed E-state index contributed by atoms with van der Waals surface area (Å²) >= 11 is 0. The second kappa shape index (κ2) is 5.95. The molecule has 88 valence electrons. The monoisotopic (exact) mass is 225 g/mol. The van der Waals surface area contributed by atoms with Crippen molar-refractivity contribution in [3.63, 3.8) is 0 Å². The zero-order valence-corrected chi connectivity index (χ0v) is 9.19. The van der Waals surface area contributed by atoms with Crippen molar-refractivity contribution in [2.45, 2.75) is 12.5 Å². The van der Waals surface area contributed by atoms with Gasteiger partial charge < -0.3 is 16.2 Å². The smallest absolute Gasteiger partial charge is 0.282 e. The molecule has 0 aliphatic carbocycles. The van der Waals surface area contributed by atoms with Crippen LogP contribution >= 0.6 is 0 Å². The molecule has 1 aromatic carbocycles. The number of alkyl halides is 1. The van der Waals surface area contributed by atoms with Crippen molar-refractivity contribution in [3.8, 4) is 0 Å². The van der Waals surface area contributed by atoms with Crippen LogP contribution in [0.1, 0.15) is 18.0 Å². The molecule has 0 bridgehead atoms. The Bertz CT molecular complexity index is 368. The summed E-state index contributed by atoms with van der Waals surface area (Å²) in [6, 6.07) is 8.06. The molecule has 0 saturated heterocycles. The van der Waals surface area contributed by atoms with Crippen molar-refractivity contribution in [3.05, 3.63) is 29.8 Å². The third-order valence-corrected chi connectivity index (χ3v) is 2.22. The van der Waals surface area contributed by atoms with Crippen LogP contribution in [0.25, 0.3) is 0 Å². The lowest BCUT2D eigenvalue weighted by atomic mass is 10.0. The second-order valence-corrected chi connectivity index (χ2v) is 3.29. The Labute approximate surface area is 94.1 Å². The van der Waals surface area contributed by atoms with Crippen LogP contribution in [0.2, 0.25) is 0 Å². The van der Waals surface area contributed by atoms with Gasteiger partial charge in [-0.1, -0.05) is 12.1 Å². The normalized spacial score (nSPS) is 18.9. The molecule has 0 aromatic heterocycles. The molecule has 1 atom stereocenters. The molecule has 4 nitrogen and oxygen atoms in total. The number of aliphatic imine (C=N–C) groups is 1. The maximum absolute atomic E-state index is 9.50. The molecule has 4 N–H and O–H groups in total. The molecule has 0 spiro atoms. The number of hydrogen-bond acceptors (Lipinski definition) is 4. The van der Waals surface area contributed by atoms with Crippen molar-refractivity contribution in [1.29, 1.82) is 0 Å². The van der Waals surface area contributed by atoms with Crippen LogP contribution < -0.4 is 11.5 Å². The lowest BCUT2D eigenvalue weighted by molar-refractivity contribution is 0.256. The number of ether oxygens (including phenoxy) is 1. The highest BCUT2D eigenvalue weighted by molar-refractivity contribution is 5.72. The summed E-state index contributed by atoms with van der Waals surface area (Å²) in [6.07, 6.45) is 0.851. The van der Waals surface area contributed by atoms with E-state index >= 15 is 0 Å². The van der Waals surface area contributed by atoms with Crippen molar-refractivity contribution in [1.82, 2.24) is 0 Å². The van der Waals surface area contributed by atoms with Crippen LogP contribution in [-0.4, -0.2) is 19.8 Å². The highest BCUT2D eigenvalue weighted by atomic mass is 19.1. The number of benzene rings is 1. The number of rotatable bonds is 1. The summed E-state index contributed by atoms with van der Waals surface area (Å²) in [7, 11) is 0.500. The summed E-state index contributed by atoms with van der Waals surface area (Å²) in [5, 5.41) is 0. The lowest BCUT2D eigenvalue weighted by Crippen LogP contribution is -2.23. The first-order valence-corrected chi connectivity index (χ1v) is 4.95. The number of amidine groups is 1. The molecule has 1 aromatic rings. The number of nitrogen functional groups attached to an aromatic ring is 1. The van der Waals surface area contributed by atoms with Gasteiger partial charge in [-0.05, 0) is 17.7 Å². The molecule has 1 heterocycles. The SMILES string of the molecule is CF.NC1=NC(c2cccc(N)c2)CCO1. The molecular weight excluding hydrogens is 209 g/mol. The van der Waals surface area contributed by atoms with Crippen molar-refractivity contribution < 1.29 is 9.13 Å². The topological polar surface area (TPSA) is 73.6 Å². The first-order chi connectivity index (χ1) is 7.75. The van der Waals surface area contributed by atoms with E-state index in [0.717, 1.165) is 17.7 Å². The molecule has 1 aliphatic rings. The molecule has 5 heteroatoms. The number of halogens is 1. The van der Waals surface area contributed by atoms with Crippen molar-refractivity contribution in [2.75, 3.05) is 19.5 Å². The van der Waals surface area contributed by atoms with Crippen LogP contribution in [0.15, 0.2) is 29.3 Å². The van der Waals surface area contributed by atoms with Gasteiger partial charge in [0.15, 0.2) is 0 Å². The number of nitrogens with two attached hydrogens (primary N) is 2. The standard InChI is InChI=1S/C10H13N3O.CH3F/c11-8-3-1-2-7(6-8)9-4-5-14-10(12)13-9;1-2/h1-3,6,9H,4-5,11H2,(H2,12,13);1H3. The first kappa shape index (κ1) is 12.3. The third-order valence-electron chi connectivity index (χ3n) is 2.22. The van der Waals surface area contributed by atoms with E-state index in [2.05, 4.69) is 4.99 Å². The number of anilines is 1. The number of nitrogens with zero attached hydrogens (tertiary/aromatic N) is 1. The molecule has 2 rings (SSSR count). The largest absolute Gasteiger partial charge is 0.465 e. The van der Waals surface area contributed by atoms with E-state index < -0.39 is 0 Å². The van der Waals surface area contributed by atoms with Crippen LogP contribution in [0.3, 0.4) is 0 Å². The predicted molar refractivity (Wildman–Crippen MR) is 62.8 cm³/mol. The Hall–Kier alpha value is -1.78. The van der Waals surface area contributed by atoms with Gasteiger partial charge in [-0.2, -0.15) is 0 Å².